The number of nitrogens with one attached hydrogen (secondary N) is 1. The van der Waals surface area contributed by atoms with Gasteiger partial charge < -0.3 is 16.0 Å². The van der Waals surface area contributed by atoms with E-state index in [9.17, 15) is 4.79 Å². The summed E-state index contributed by atoms with van der Waals surface area (Å²) in [6, 6.07) is 0. The predicted octanol–water partition coefficient (Wildman–Crippen LogP) is -0.454. The number of carbonyl (C=O) groups is 1. The van der Waals surface area contributed by atoms with Crippen LogP contribution in [0.15, 0.2) is 0 Å². The summed E-state index contributed by atoms with van der Waals surface area (Å²) >= 11 is 0. The molecule has 0 saturated carbocycles. The van der Waals surface area contributed by atoms with Crippen LogP contribution in [0.2, 0.25) is 0 Å². The van der Waals surface area contributed by atoms with E-state index in [1.165, 1.54) is 0 Å². The normalized spacial score (nSPS) is 21.6. The molecular weight excluding hydrogens is 166 g/mol. The highest BCUT2D eigenvalue weighted by Crippen LogP contribution is 2.16. The lowest BCUT2D eigenvalue weighted by Crippen LogP contribution is -2.60. The van der Waals surface area contributed by atoms with E-state index in [0.29, 0.717) is 13.0 Å². The maximum atomic E-state index is 11.6. The van der Waals surface area contributed by atoms with Crippen molar-refractivity contribution in [3.8, 4) is 0 Å². The van der Waals surface area contributed by atoms with Crippen LogP contribution in [-0.2, 0) is 4.79 Å². The Labute approximate surface area is 79.5 Å². The van der Waals surface area contributed by atoms with Gasteiger partial charge in [0.25, 0.3) is 0 Å². The Balaban J connectivity index is 2.59. The van der Waals surface area contributed by atoms with Gasteiger partial charge in [0, 0.05) is 38.1 Å². The largest absolute Gasteiger partial charge is 0.335 e. The van der Waals surface area contributed by atoms with Gasteiger partial charge in [-0.2, -0.15) is 0 Å². The number of piperazine rings is 1. The van der Waals surface area contributed by atoms with Crippen molar-refractivity contribution >= 4 is 5.91 Å². The lowest BCUT2D eigenvalue weighted by molar-refractivity contribution is -0.137. The summed E-state index contributed by atoms with van der Waals surface area (Å²) in [6.45, 7) is 7.15. The fraction of sp³-hybridized carbons (Fsp3) is 0.889. The van der Waals surface area contributed by atoms with E-state index in [4.69, 9.17) is 5.73 Å². The van der Waals surface area contributed by atoms with Gasteiger partial charge in [-0.1, -0.05) is 0 Å². The summed E-state index contributed by atoms with van der Waals surface area (Å²) in [5, 5.41) is 3.28. The van der Waals surface area contributed by atoms with Gasteiger partial charge in [0.15, 0.2) is 0 Å². The first-order chi connectivity index (χ1) is 6.08. The van der Waals surface area contributed by atoms with Crippen LogP contribution in [0.5, 0.6) is 0 Å². The number of nitrogens with zero attached hydrogens (tertiary/aromatic N) is 1. The third-order valence-corrected chi connectivity index (χ3v) is 2.46. The van der Waals surface area contributed by atoms with Crippen molar-refractivity contribution < 1.29 is 4.79 Å². The topological polar surface area (TPSA) is 58.4 Å². The monoisotopic (exact) mass is 185 g/mol. The zero-order valence-electron chi connectivity index (χ0n) is 8.47. The first-order valence-electron chi connectivity index (χ1n) is 4.79. The fourth-order valence-corrected chi connectivity index (χ4v) is 1.70. The Hall–Kier alpha value is -0.610. The molecule has 0 aromatic carbocycles. The molecule has 0 aromatic heterocycles. The molecule has 0 radical (unpaired) electrons. The molecule has 1 saturated heterocycles. The minimum atomic E-state index is -0.0650. The van der Waals surface area contributed by atoms with Gasteiger partial charge in [-0.25, -0.2) is 0 Å². The molecule has 0 bridgehead atoms. The highest BCUT2D eigenvalue weighted by molar-refractivity contribution is 5.77. The molecular formula is C9H19N3O. The first-order valence-corrected chi connectivity index (χ1v) is 4.79. The number of amides is 1. The van der Waals surface area contributed by atoms with E-state index in [0.717, 1.165) is 19.6 Å². The SMILES string of the molecule is CC1(C)CNCCN1C(=O)CCN. The van der Waals surface area contributed by atoms with Crippen molar-refractivity contribution in [3.05, 3.63) is 0 Å². The summed E-state index contributed by atoms with van der Waals surface area (Å²) < 4.78 is 0. The van der Waals surface area contributed by atoms with Crippen LogP contribution in [0.3, 0.4) is 0 Å². The molecule has 1 heterocycles. The Kier molecular flexibility index (Phi) is 3.27. The molecule has 0 spiro atoms. The van der Waals surface area contributed by atoms with E-state index in [1.807, 2.05) is 4.90 Å². The van der Waals surface area contributed by atoms with Gasteiger partial charge in [-0.15, -0.1) is 0 Å². The molecule has 1 amide bonds. The first kappa shape index (κ1) is 10.5. The number of hydrogen-bond donors (Lipinski definition) is 2. The lowest BCUT2D eigenvalue weighted by Gasteiger charge is -2.42. The molecule has 0 unspecified atom stereocenters. The second kappa shape index (κ2) is 4.07. The van der Waals surface area contributed by atoms with Gasteiger partial charge in [-0.3, -0.25) is 4.79 Å². The van der Waals surface area contributed by atoms with Crippen molar-refractivity contribution in [1.82, 2.24) is 10.2 Å². The lowest BCUT2D eigenvalue weighted by atomic mass is 10.00. The summed E-state index contributed by atoms with van der Waals surface area (Å²) in [5.41, 5.74) is 5.30. The van der Waals surface area contributed by atoms with Gasteiger partial charge >= 0.3 is 0 Å². The van der Waals surface area contributed by atoms with Crippen LogP contribution >= 0.6 is 0 Å². The second-order valence-corrected chi connectivity index (χ2v) is 4.07. The maximum absolute atomic E-state index is 11.6. The van der Waals surface area contributed by atoms with E-state index in [-0.39, 0.29) is 11.4 Å². The van der Waals surface area contributed by atoms with Gasteiger partial charge in [0.05, 0.1) is 0 Å². The smallest absolute Gasteiger partial charge is 0.224 e. The van der Waals surface area contributed by atoms with Crippen molar-refractivity contribution in [2.75, 3.05) is 26.2 Å². The van der Waals surface area contributed by atoms with E-state index in [1.54, 1.807) is 0 Å². The minimum Gasteiger partial charge on any atom is -0.335 e. The summed E-state index contributed by atoms with van der Waals surface area (Å²) in [7, 11) is 0. The quantitative estimate of drug-likeness (QED) is 0.612. The van der Waals surface area contributed by atoms with Crippen LogP contribution in [0.25, 0.3) is 0 Å². The number of hydrogen-bond acceptors (Lipinski definition) is 3. The highest BCUT2D eigenvalue weighted by Gasteiger charge is 2.32. The molecule has 0 atom stereocenters. The van der Waals surface area contributed by atoms with Crippen LogP contribution in [0.4, 0.5) is 0 Å². The van der Waals surface area contributed by atoms with Crippen molar-refractivity contribution in [3.63, 3.8) is 0 Å². The second-order valence-electron chi connectivity index (χ2n) is 4.07. The Morgan fingerprint density at radius 3 is 2.85 bits per heavy atom. The van der Waals surface area contributed by atoms with E-state index in [2.05, 4.69) is 19.2 Å². The number of rotatable bonds is 2. The molecule has 13 heavy (non-hydrogen) atoms. The Bertz CT molecular complexity index is 191. The van der Waals surface area contributed by atoms with E-state index >= 15 is 0 Å². The summed E-state index contributed by atoms with van der Waals surface area (Å²) in [5.74, 6) is 0.175. The standard InChI is InChI=1S/C9H19N3O/c1-9(2)7-11-5-6-12(9)8(13)3-4-10/h11H,3-7,10H2,1-2H3. The summed E-state index contributed by atoms with van der Waals surface area (Å²) in [6.07, 6.45) is 0.462. The van der Waals surface area contributed by atoms with Crippen LogP contribution in [0, 0.1) is 0 Å². The number of nitrogens with two attached hydrogens (primary N) is 1. The predicted molar refractivity (Wildman–Crippen MR) is 52.3 cm³/mol. The average Bonchev–Trinajstić information content (AvgIpc) is 2.03. The molecule has 4 heteroatoms. The Morgan fingerprint density at radius 1 is 1.62 bits per heavy atom. The van der Waals surface area contributed by atoms with Crippen molar-refractivity contribution in [2.45, 2.75) is 25.8 Å². The molecule has 1 aliphatic heterocycles. The maximum Gasteiger partial charge on any atom is 0.224 e. The van der Waals surface area contributed by atoms with Gasteiger partial charge in [-0.05, 0) is 13.8 Å². The van der Waals surface area contributed by atoms with Gasteiger partial charge in [0.2, 0.25) is 5.91 Å². The zero-order chi connectivity index (χ0) is 9.90. The third kappa shape index (κ3) is 2.42. The molecule has 4 nitrogen and oxygen atoms in total. The van der Waals surface area contributed by atoms with Crippen LogP contribution < -0.4 is 11.1 Å². The summed E-state index contributed by atoms with van der Waals surface area (Å²) in [4.78, 5) is 13.6. The third-order valence-electron chi connectivity index (χ3n) is 2.46. The molecule has 1 fully saturated rings. The highest BCUT2D eigenvalue weighted by atomic mass is 16.2. The van der Waals surface area contributed by atoms with Crippen LogP contribution in [0.1, 0.15) is 20.3 Å². The molecule has 0 aromatic rings. The van der Waals surface area contributed by atoms with Gasteiger partial charge in [0.1, 0.15) is 0 Å². The molecule has 1 rings (SSSR count). The zero-order valence-corrected chi connectivity index (χ0v) is 8.47. The van der Waals surface area contributed by atoms with E-state index < -0.39 is 0 Å². The minimum absolute atomic E-state index is 0.0650. The molecule has 1 aliphatic rings. The van der Waals surface area contributed by atoms with Crippen molar-refractivity contribution in [2.24, 2.45) is 5.73 Å². The molecule has 3 N–H and O–H groups in total. The average molecular weight is 185 g/mol. The molecule has 0 aliphatic carbocycles. The number of carbonyl (C=O) groups excluding carboxylic acids is 1. The molecule has 76 valence electrons. The fourth-order valence-electron chi connectivity index (χ4n) is 1.70. The van der Waals surface area contributed by atoms with Crippen molar-refractivity contribution in [1.29, 1.82) is 0 Å². The van der Waals surface area contributed by atoms with Crippen LogP contribution in [-0.4, -0.2) is 42.5 Å². The Morgan fingerprint density at radius 2 is 2.31 bits per heavy atom.